The zero-order chi connectivity index (χ0) is 62.8. The smallest absolute Gasteiger partial charge is 0.322 e. The first-order valence-corrected chi connectivity index (χ1v) is 29.6. The van der Waals surface area contributed by atoms with Crippen LogP contribution in [-0.2, 0) is 38.4 Å². The molecule has 8 atom stereocenters. The highest BCUT2D eigenvalue weighted by Crippen LogP contribution is 2.30. The summed E-state index contributed by atoms with van der Waals surface area (Å²) in [4.78, 5) is 101. The molecule has 84 heavy (non-hydrogen) atoms. The fourth-order valence-corrected chi connectivity index (χ4v) is 9.71. The molecule has 2 fully saturated rings. The molecular weight excluding hydrogens is 1080 g/mol. The van der Waals surface area contributed by atoms with Gasteiger partial charge in [0, 0.05) is 56.7 Å². The number of hydrogen-bond donors (Lipinski definition) is 7. The van der Waals surface area contributed by atoms with E-state index in [4.69, 9.17) is 10.8 Å². The Bertz CT molecular complexity index is 2530. The molecule has 0 bridgehead atoms. The third kappa shape index (κ3) is 26.8. The first-order valence-electron chi connectivity index (χ1n) is 29.6. The van der Waals surface area contributed by atoms with Crippen LogP contribution < -0.4 is 32.5 Å². The van der Waals surface area contributed by atoms with Gasteiger partial charge in [-0.15, -0.1) is 25.6 Å². The number of nitrogens with two attached hydrogens (primary N) is 1. The van der Waals surface area contributed by atoms with Crippen LogP contribution in [-0.4, -0.2) is 99.5 Å². The van der Waals surface area contributed by atoms with Gasteiger partial charge in [-0.3, -0.25) is 48.4 Å². The van der Waals surface area contributed by atoms with Crippen molar-refractivity contribution in [3.05, 3.63) is 109 Å². The number of allylic oxidation sites excluding steroid dienone is 2. The summed E-state index contributed by atoms with van der Waals surface area (Å²) >= 11 is 0. The lowest BCUT2D eigenvalue weighted by Gasteiger charge is -2.35. The van der Waals surface area contributed by atoms with Gasteiger partial charge in [0.2, 0.25) is 17.7 Å². The van der Waals surface area contributed by atoms with Gasteiger partial charge in [-0.05, 0) is 130 Å². The SMILES string of the molecule is C=CCC(C)(C)CCC(=O)C[C@H](C(=O)N[C@@H](C)C(=O)N1CCC[C@@H](C(=O)N[C@H](C)c2cccc(C=C)c2)N1)C(C)C.C=CCC(C)(C)CCC(=O)C[C@H](C(=O)N[C@@H](C)C(=O)N1CCC[C@@H](C(=O)O)N1)C(C)C.C=Cc1cccc(C(C)N)c1.Cl. The van der Waals surface area contributed by atoms with E-state index in [0.717, 1.165) is 47.9 Å². The number of amides is 5. The summed E-state index contributed by atoms with van der Waals surface area (Å²) in [5.41, 5.74) is 15.7. The number of hydrogen-bond acceptors (Lipinski definition) is 11. The van der Waals surface area contributed by atoms with E-state index in [1.807, 2.05) is 102 Å². The highest BCUT2D eigenvalue weighted by atomic mass is 35.5. The molecule has 2 aliphatic rings. The molecular formula is C66H103ClN8O9. The molecule has 468 valence electrons. The van der Waals surface area contributed by atoms with Crippen LogP contribution in [0.25, 0.3) is 12.2 Å². The second-order valence-corrected chi connectivity index (χ2v) is 24.7. The second kappa shape index (κ2) is 37.2. The van der Waals surface area contributed by atoms with Crippen molar-refractivity contribution in [3.63, 3.8) is 0 Å². The number of carboxylic acids is 1. The quantitative estimate of drug-likeness (QED) is 0.0376. The van der Waals surface area contributed by atoms with Crippen molar-refractivity contribution in [2.24, 2.45) is 40.2 Å². The van der Waals surface area contributed by atoms with Crippen molar-refractivity contribution in [2.45, 2.75) is 196 Å². The summed E-state index contributed by atoms with van der Waals surface area (Å²) in [5.74, 6) is -3.62. The molecule has 2 aliphatic heterocycles. The molecule has 5 amide bonds. The molecule has 0 radical (unpaired) electrons. The number of nitrogens with zero attached hydrogens (tertiary/aromatic N) is 2. The van der Waals surface area contributed by atoms with Gasteiger partial charge in [0.25, 0.3) is 11.8 Å². The zero-order valence-electron chi connectivity index (χ0n) is 52.5. The molecule has 1 unspecified atom stereocenters. The van der Waals surface area contributed by atoms with Crippen molar-refractivity contribution in [2.75, 3.05) is 13.1 Å². The van der Waals surface area contributed by atoms with Gasteiger partial charge < -0.3 is 26.8 Å². The van der Waals surface area contributed by atoms with E-state index < -0.39 is 42.0 Å². The van der Waals surface area contributed by atoms with E-state index in [2.05, 4.69) is 86.9 Å². The number of carbonyl (C=O) groups excluding carboxylic acids is 7. The zero-order valence-corrected chi connectivity index (χ0v) is 53.3. The van der Waals surface area contributed by atoms with Crippen molar-refractivity contribution in [1.82, 2.24) is 36.8 Å². The maximum absolute atomic E-state index is 13.2. The van der Waals surface area contributed by atoms with Crippen LogP contribution in [0.3, 0.4) is 0 Å². The summed E-state index contributed by atoms with van der Waals surface area (Å²) in [6, 6.07) is 12.8. The minimum atomic E-state index is -1.01. The van der Waals surface area contributed by atoms with Crippen molar-refractivity contribution < 1.29 is 43.5 Å². The normalized spacial score (nSPS) is 17.3. The van der Waals surface area contributed by atoms with Crippen LogP contribution in [0, 0.1) is 34.5 Å². The lowest BCUT2D eigenvalue weighted by Crippen LogP contribution is -2.61. The third-order valence-electron chi connectivity index (χ3n) is 15.4. The highest BCUT2D eigenvalue weighted by molar-refractivity contribution is 5.92. The predicted octanol–water partition coefficient (Wildman–Crippen LogP) is 10.6. The van der Waals surface area contributed by atoms with Gasteiger partial charge in [0.15, 0.2) is 0 Å². The molecule has 2 saturated heterocycles. The summed E-state index contributed by atoms with van der Waals surface area (Å²) < 4.78 is 0. The highest BCUT2D eigenvalue weighted by Gasteiger charge is 2.35. The number of carboxylic acid groups (broad SMARTS) is 1. The molecule has 2 aromatic carbocycles. The fraction of sp³-hybridized carbons (Fsp3) is 0.576. The summed E-state index contributed by atoms with van der Waals surface area (Å²) in [5, 5.41) is 20.4. The molecule has 0 aromatic heterocycles. The number of aliphatic carboxylic acids is 1. The maximum atomic E-state index is 13.2. The Morgan fingerprint density at radius 2 is 1.02 bits per heavy atom. The largest absolute Gasteiger partial charge is 0.480 e. The molecule has 4 rings (SSSR count). The van der Waals surface area contributed by atoms with Gasteiger partial charge >= 0.3 is 5.97 Å². The Morgan fingerprint density at radius 3 is 1.40 bits per heavy atom. The summed E-state index contributed by atoms with van der Waals surface area (Å²) in [6.45, 7) is 38.9. The molecule has 2 aromatic rings. The van der Waals surface area contributed by atoms with E-state index in [9.17, 15) is 38.4 Å². The van der Waals surface area contributed by atoms with Gasteiger partial charge in [0.1, 0.15) is 35.7 Å². The number of halogens is 1. The maximum Gasteiger partial charge on any atom is 0.322 e. The standard InChI is InChI=1S/C33H50N4O4.C23H39N3O5.C10H13N.ClH/c1-9-17-33(7,8)18-16-27(38)21-28(22(3)4)30(39)35-24(6)32(41)37-19-12-15-29(36-37)31(40)34-23(5)26-14-11-13-25(10-2)20-26;1-7-11-23(5,6)12-10-17(27)14-18(15(2)3)20(28)24-16(4)21(29)26-13-8-9-19(25-26)22(30)31;1-3-9-5-4-6-10(7-9)8(2)11;/h9-11,13-14,20,22-24,28-29,36H,1-2,12,15-19,21H2,3-8H3,(H,34,40)(H,35,39);7,15-16,18-19,25H,1,8-14H2,2-6H3,(H,24,28)(H,30,31);3-8H,1,11H2,2H3;1H/t23-,24+,28+,29+;16-,18-,19-;;/m10../s1. The minimum Gasteiger partial charge on any atom is -0.480 e. The van der Waals surface area contributed by atoms with E-state index >= 15 is 0 Å². The number of carbonyl (C=O) groups is 8. The van der Waals surface area contributed by atoms with Crippen LogP contribution in [0.5, 0.6) is 0 Å². The number of hydrazine groups is 2. The van der Waals surface area contributed by atoms with Crippen molar-refractivity contribution in [1.29, 1.82) is 0 Å². The molecule has 17 nitrogen and oxygen atoms in total. The number of ketones is 2. The van der Waals surface area contributed by atoms with Crippen LogP contribution in [0.2, 0.25) is 0 Å². The Balaban J connectivity index is 0.000000719. The first kappa shape index (κ1) is 75.7. The van der Waals surface area contributed by atoms with Crippen molar-refractivity contribution in [3.8, 4) is 0 Å². The van der Waals surface area contributed by atoms with Gasteiger partial charge in [-0.25, -0.2) is 10.9 Å². The minimum absolute atomic E-state index is 0. The van der Waals surface area contributed by atoms with Crippen molar-refractivity contribution >= 4 is 71.6 Å². The number of benzene rings is 2. The molecule has 0 aliphatic carbocycles. The average molecular weight is 1190 g/mol. The average Bonchev–Trinajstić information content (AvgIpc) is 3.44. The Kier molecular flexibility index (Phi) is 33.6. The Labute approximate surface area is 508 Å². The van der Waals surface area contributed by atoms with Crippen LogP contribution in [0.1, 0.15) is 194 Å². The lowest BCUT2D eigenvalue weighted by molar-refractivity contribution is -0.149. The molecule has 2 heterocycles. The first-order chi connectivity index (χ1) is 38.9. The van der Waals surface area contributed by atoms with Crippen LogP contribution >= 0.6 is 12.4 Å². The summed E-state index contributed by atoms with van der Waals surface area (Å²) in [6.07, 6.45) is 13.8. The lowest BCUT2D eigenvalue weighted by atomic mass is 9.82. The van der Waals surface area contributed by atoms with E-state index in [1.54, 1.807) is 19.9 Å². The molecule has 0 spiro atoms. The topological polar surface area (TPSA) is 249 Å². The van der Waals surface area contributed by atoms with E-state index in [-0.39, 0.29) is 101 Å². The summed E-state index contributed by atoms with van der Waals surface area (Å²) in [7, 11) is 0. The number of Topliss-reactive ketones (excluding diaryl/α,β-unsaturated/α-hetero) is 2. The van der Waals surface area contributed by atoms with Crippen LogP contribution in [0.15, 0.2) is 87.0 Å². The van der Waals surface area contributed by atoms with E-state index in [0.29, 0.717) is 51.6 Å². The predicted molar refractivity (Wildman–Crippen MR) is 340 cm³/mol. The molecule has 8 N–H and O–H groups in total. The van der Waals surface area contributed by atoms with Gasteiger partial charge in [0.05, 0.1) is 6.04 Å². The fourth-order valence-electron chi connectivity index (χ4n) is 9.71. The number of nitrogens with one attached hydrogen (secondary N) is 5. The van der Waals surface area contributed by atoms with E-state index in [1.165, 1.54) is 10.0 Å². The molecule has 0 saturated carbocycles. The Hall–Kier alpha value is -6.27. The van der Waals surface area contributed by atoms with Crippen LogP contribution in [0.4, 0.5) is 0 Å². The van der Waals surface area contributed by atoms with Gasteiger partial charge in [-0.2, -0.15) is 0 Å². The second-order valence-electron chi connectivity index (χ2n) is 24.7. The monoisotopic (exact) mass is 1190 g/mol. The molecule has 18 heteroatoms. The Morgan fingerprint density at radius 1 is 0.631 bits per heavy atom. The van der Waals surface area contributed by atoms with Gasteiger partial charge in [-0.1, -0.05) is 135 Å². The third-order valence-corrected chi connectivity index (χ3v) is 15.4. The number of rotatable bonds is 29.